The maximum absolute atomic E-state index is 11.9. The molecule has 3 rings (SSSR count). The third-order valence-corrected chi connectivity index (χ3v) is 3.12. The Balaban J connectivity index is 1.64. The minimum atomic E-state index is -0.516. The van der Waals surface area contributed by atoms with Gasteiger partial charge in [0.2, 0.25) is 5.91 Å². The number of rotatable bonds is 3. The fourth-order valence-electron chi connectivity index (χ4n) is 2.11. The number of carbonyl (C=O) groups is 1. The highest BCUT2D eigenvalue weighted by atomic mass is 16.6. The summed E-state index contributed by atoms with van der Waals surface area (Å²) in [4.78, 5) is 11.9. The molecule has 1 aromatic carbocycles. The highest BCUT2D eigenvalue weighted by Gasteiger charge is 2.36. The molecule has 0 radical (unpaired) electrons. The monoisotopic (exact) mass is 264 g/mol. The average molecular weight is 264 g/mol. The zero-order valence-corrected chi connectivity index (χ0v) is 10.5. The molecule has 0 bridgehead atoms. The van der Waals surface area contributed by atoms with Crippen molar-refractivity contribution in [3.05, 3.63) is 18.2 Å². The van der Waals surface area contributed by atoms with Crippen molar-refractivity contribution >= 4 is 11.6 Å². The van der Waals surface area contributed by atoms with Crippen molar-refractivity contribution in [2.24, 2.45) is 5.73 Å². The normalized spacial score (nSPS) is 19.4. The zero-order valence-electron chi connectivity index (χ0n) is 10.5. The first-order chi connectivity index (χ1) is 9.15. The van der Waals surface area contributed by atoms with Gasteiger partial charge in [0.1, 0.15) is 13.2 Å². The van der Waals surface area contributed by atoms with Crippen LogP contribution in [0.25, 0.3) is 0 Å². The first-order valence-electron chi connectivity index (χ1n) is 6.21. The summed E-state index contributed by atoms with van der Waals surface area (Å²) in [5.74, 6) is 1.23. The topological polar surface area (TPSA) is 82.8 Å². The molecule has 0 spiro atoms. The highest BCUT2D eigenvalue weighted by molar-refractivity contribution is 5.92. The van der Waals surface area contributed by atoms with Gasteiger partial charge in [-0.05, 0) is 12.1 Å². The molecule has 1 saturated heterocycles. The van der Waals surface area contributed by atoms with Crippen LogP contribution in [0, 0.1) is 0 Å². The SMILES string of the molecule is NC1(CC(=O)Nc2ccc3c(c2)OCCO3)COC1. The fourth-order valence-corrected chi connectivity index (χ4v) is 2.11. The van der Waals surface area contributed by atoms with Gasteiger partial charge in [-0.3, -0.25) is 4.79 Å². The Kier molecular flexibility index (Phi) is 3.04. The van der Waals surface area contributed by atoms with Crippen molar-refractivity contribution < 1.29 is 19.0 Å². The molecule has 0 atom stereocenters. The van der Waals surface area contributed by atoms with Crippen molar-refractivity contribution in [3.8, 4) is 11.5 Å². The number of fused-ring (bicyclic) bond motifs is 1. The van der Waals surface area contributed by atoms with E-state index in [0.717, 1.165) is 0 Å². The number of benzene rings is 1. The summed E-state index contributed by atoms with van der Waals surface area (Å²) >= 11 is 0. The quantitative estimate of drug-likeness (QED) is 0.831. The van der Waals surface area contributed by atoms with E-state index in [1.807, 2.05) is 0 Å². The molecule has 6 heteroatoms. The predicted octanol–water partition coefficient (Wildman–Crippen LogP) is 0.514. The van der Waals surface area contributed by atoms with Crippen LogP contribution in [0.5, 0.6) is 11.5 Å². The summed E-state index contributed by atoms with van der Waals surface area (Å²) in [6, 6.07) is 5.33. The molecular formula is C13H16N2O4. The number of nitrogens with one attached hydrogen (secondary N) is 1. The van der Waals surface area contributed by atoms with Crippen molar-refractivity contribution in [1.82, 2.24) is 0 Å². The maximum atomic E-state index is 11.9. The lowest BCUT2D eigenvalue weighted by Gasteiger charge is -2.37. The highest BCUT2D eigenvalue weighted by Crippen LogP contribution is 2.32. The minimum absolute atomic E-state index is 0.123. The Hall–Kier alpha value is -1.79. The summed E-state index contributed by atoms with van der Waals surface area (Å²) < 4.78 is 15.9. The van der Waals surface area contributed by atoms with Gasteiger partial charge in [0.15, 0.2) is 11.5 Å². The summed E-state index contributed by atoms with van der Waals surface area (Å²) in [7, 11) is 0. The molecule has 1 amide bonds. The molecule has 2 heterocycles. The molecule has 0 saturated carbocycles. The molecule has 2 aliphatic rings. The lowest BCUT2D eigenvalue weighted by atomic mass is 9.94. The second kappa shape index (κ2) is 4.71. The summed E-state index contributed by atoms with van der Waals surface area (Å²) in [6.07, 6.45) is 0.251. The average Bonchev–Trinajstić information content (AvgIpc) is 2.36. The van der Waals surface area contributed by atoms with Crippen LogP contribution in [0.1, 0.15) is 6.42 Å². The van der Waals surface area contributed by atoms with Crippen LogP contribution in [0.4, 0.5) is 5.69 Å². The minimum Gasteiger partial charge on any atom is -0.486 e. The lowest BCUT2D eigenvalue weighted by molar-refractivity contribution is -0.123. The first kappa shape index (κ1) is 12.3. The number of anilines is 1. The summed E-state index contributed by atoms with van der Waals surface area (Å²) in [5.41, 5.74) is 6.10. The number of ether oxygens (including phenoxy) is 3. The Morgan fingerprint density at radius 2 is 2.00 bits per heavy atom. The van der Waals surface area contributed by atoms with Crippen LogP contribution >= 0.6 is 0 Å². The van der Waals surface area contributed by atoms with Crippen molar-refractivity contribution in [3.63, 3.8) is 0 Å². The summed E-state index contributed by atoms with van der Waals surface area (Å²) in [5, 5.41) is 2.81. The van der Waals surface area contributed by atoms with E-state index < -0.39 is 5.54 Å². The van der Waals surface area contributed by atoms with Crippen LogP contribution in [0.3, 0.4) is 0 Å². The standard InChI is InChI=1S/C13H16N2O4/c14-13(7-17-8-13)6-12(16)15-9-1-2-10-11(5-9)19-4-3-18-10/h1-2,5H,3-4,6-8,14H2,(H,15,16). The molecule has 0 aliphatic carbocycles. The largest absolute Gasteiger partial charge is 0.486 e. The van der Waals surface area contributed by atoms with Gasteiger partial charge < -0.3 is 25.3 Å². The van der Waals surface area contributed by atoms with Gasteiger partial charge in [0.25, 0.3) is 0 Å². The van der Waals surface area contributed by atoms with Gasteiger partial charge in [0, 0.05) is 18.2 Å². The number of nitrogens with two attached hydrogens (primary N) is 1. The van der Waals surface area contributed by atoms with Crippen LogP contribution < -0.4 is 20.5 Å². The van der Waals surface area contributed by atoms with Gasteiger partial charge in [-0.25, -0.2) is 0 Å². The Morgan fingerprint density at radius 1 is 1.26 bits per heavy atom. The number of carbonyl (C=O) groups excluding carboxylic acids is 1. The fraction of sp³-hybridized carbons (Fsp3) is 0.462. The van der Waals surface area contributed by atoms with Crippen molar-refractivity contribution in [2.45, 2.75) is 12.0 Å². The van der Waals surface area contributed by atoms with Crippen molar-refractivity contribution in [1.29, 1.82) is 0 Å². The second-order valence-corrected chi connectivity index (χ2v) is 4.94. The van der Waals surface area contributed by atoms with Gasteiger partial charge in [0.05, 0.1) is 18.8 Å². The molecule has 1 fully saturated rings. The zero-order chi connectivity index (χ0) is 13.3. The second-order valence-electron chi connectivity index (χ2n) is 4.94. The first-order valence-corrected chi connectivity index (χ1v) is 6.21. The maximum Gasteiger partial charge on any atom is 0.226 e. The molecule has 2 aliphatic heterocycles. The van der Waals surface area contributed by atoms with Crippen molar-refractivity contribution in [2.75, 3.05) is 31.7 Å². The van der Waals surface area contributed by atoms with Gasteiger partial charge in [-0.15, -0.1) is 0 Å². The molecule has 19 heavy (non-hydrogen) atoms. The van der Waals surface area contributed by atoms with E-state index in [4.69, 9.17) is 19.9 Å². The molecule has 1 aromatic rings. The van der Waals surface area contributed by atoms with E-state index in [1.54, 1.807) is 18.2 Å². The Morgan fingerprint density at radius 3 is 2.68 bits per heavy atom. The van der Waals surface area contributed by atoms with Crippen LogP contribution in [-0.4, -0.2) is 37.9 Å². The van der Waals surface area contributed by atoms with E-state index in [2.05, 4.69) is 5.32 Å². The van der Waals surface area contributed by atoms with Crippen LogP contribution in [-0.2, 0) is 9.53 Å². The molecule has 3 N–H and O–H groups in total. The molecular weight excluding hydrogens is 248 g/mol. The molecule has 6 nitrogen and oxygen atoms in total. The van der Waals surface area contributed by atoms with E-state index in [0.29, 0.717) is 43.6 Å². The number of hydrogen-bond acceptors (Lipinski definition) is 5. The summed E-state index contributed by atoms with van der Waals surface area (Å²) in [6.45, 7) is 1.94. The lowest BCUT2D eigenvalue weighted by Crippen LogP contribution is -2.58. The molecule has 102 valence electrons. The van der Waals surface area contributed by atoms with Gasteiger partial charge >= 0.3 is 0 Å². The third-order valence-electron chi connectivity index (χ3n) is 3.12. The number of amides is 1. The van der Waals surface area contributed by atoms with E-state index in [9.17, 15) is 4.79 Å². The smallest absolute Gasteiger partial charge is 0.226 e. The van der Waals surface area contributed by atoms with Gasteiger partial charge in [-0.2, -0.15) is 0 Å². The number of hydrogen-bond donors (Lipinski definition) is 2. The Labute approximate surface area is 110 Å². The Bertz CT molecular complexity index is 499. The predicted molar refractivity (Wildman–Crippen MR) is 68.4 cm³/mol. The van der Waals surface area contributed by atoms with E-state index >= 15 is 0 Å². The van der Waals surface area contributed by atoms with E-state index in [1.165, 1.54) is 0 Å². The van der Waals surface area contributed by atoms with Gasteiger partial charge in [-0.1, -0.05) is 0 Å². The van der Waals surface area contributed by atoms with E-state index in [-0.39, 0.29) is 12.3 Å². The van der Waals surface area contributed by atoms with Crippen LogP contribution in [0.15, 0.2) is 18.2 Å². The van der Waals surface area contributed by atoms with Crippen LogP contribution in [0.2, 0.25) is 0 Å². The molecule has 0 aromatic heterocycles. The molecule has 0 unspecified atom stereocenters. The third kappa shape index (κ3) is 2.64.